The minimum Gasteiger partial charge on any atom is -0.300 e. The average Bonchev–Trinajstić information content (AvgIpc) is 2.74. The molecule has 0 bridgehead atoms. The van der Waals surface area contributed by atoms with Crippen molar-refractivity contribution in [2.45, 2.75) is 26.4 Å². The van der Waals surface area contributed by atoms with Gasteiger partial charge in [0.05, 0.1) is 10.3 Å². The molecule has 18 heavy (non-hydrogen) atoms. The van der Waals surface area contributed by atoms with E-state index in [1.54, 1.807) is 10.8 Å². The summed E-state index contributed by atoms with van der Waals surface area (Å²) in [5, 5.41) is 0. The van der Waals surface area contributed by atoms with Gasteiger partial charge in [-0.3, -0.25) is 9.36 Å². The fraction of sp³-hybridized carbons (Fsp3) is 0.333. The summed E-state index contributed by atoms with van der Waals surface area (Å²) in [6.45, 7) is 2.96. The zero-order valence-electron chi connectivity index (χ0n) is 9.93. The molecule has 4 nitrogen and oxygen atoms in total. The third kappa shape index (κ3) is 2.81. The summed E-state index contributed by atoms with van der Waals surface area (Å²) in [4.78, 5) is 24.8. The molecule has 0 saturated heterocycles. The quantitative estimate of drug-likeness (QED) is 0.864. The number of halogens is 1. The molecule has 0 N–H and O–H groups in total. The van der Waals surface area contributed by atoms with E-state index in [4.69, 9.17) is 0 Å². The molecule has 2 aromatic rings. The molecule has 0 aliphatic heterocycles. The highest BCUT2D eigenvalue weighted by Crippen LogP contribution is 2.22. The van der Waals surface area contributed by atoms with Gasteiger partial charge >= 0.3 is 5.69 Å². The maximum absolute atomic E-state index is 12.1. The van der Waals surface area contributed by atoms with E-state index in [1.165, 1.54) is 22.0 Å². The molecule has 0 unspecified atom stereocenters. The second kappa shape index (κ2) is 5.67. The molecule has 6 heteroatoms. The van der Waals surface area contributed by atoms with Crippen LogP contribution in [0.3, 0.4) is 0 Å². The molecule has 2 heterocycles. The van der Waals surface area contributed by atoms with E-state index in [1.807, 2.05) is 19.1 Å². The van der Waals surface area contributed by atoms with E-state index >= 15 is 0 Å². The second-order valence-electron chi connectivity index (χ2n) is 3.92. The van der Waals surface area contributed by atoms with Crippen LogP contribution in [0.1, 0.15) is 18.2 Å². The third-order valence-electron chi connectivity index (χ3n) is 2.55. The predicted molar refractivity (Wildman–Crippen MR) is 76.4 cm³/mol. The highest BCUT2D eigenvalue weighted by atomic mass is 79.9. The lowest BCUT2D eigenvalue weighted by Crippen LogP contribution is -2.39. The highest BCUT2D eigenvalue weighted by molar-refractivity contribution is 9.11. The minimum absolute atomic E-state index is 0.242. The van der Waals surface area contributed by atoms with E-state index in [2.05, 4.69) is 15.9 Å². The predicted octanol–water partition coefficient (Wildman–Crippen LogP) is 2.29. The van der Waals surface area contributed by atoms with E-state index in [0.717, 1.165) is 15.1 Å². The molecule has 0 radical (unpaired) electrons. The average molecular weight is 329 g/mol. The van der Waals surface area contributed by atoms with Gasteiger partial charge in [-0.2, -0.15) is 0 Å². The molecule has 0 aliphatic rings. The number of aryl methyl sites for hydroxylation is 1. The van der Waals surface area contributed by atoms with Crippen LogP contribution in [0, 0.1) is 0 Å². The largest absolute Gasteiger partial charge is 0.331 e. The van der Waals surface area contributed by atoms with Crippen molar-refractivity contribution in [1.82, 2.24) is 9.13 Å². The Labute approximate surface area is 117 Å². The number of hydrogen-bond donors (Lipinski definition) is 0. The van der Waals surface area contributed by atoms with Gasteiger partial charge in [0.15, 0.2) is 0 Å². The Morgan fingerprint density at radius 1 is 1.28 bits per heavy atom. The second-order valence-corrected chi connectivity index (χ2v) is 6.47. The summed E-state index contributed by atoms with van der Waals surface area (Å²) >= 11 is 4.90. The number of hydrogen-bond acceptors (Lipinski definition) is 3. The monoisotopic (exact) mass is 328 g/mol. The Kier molecular flexibility index (Phi) is 4.19. The number of aromatic nitrogens is 2. The van der Waals surface area contributed by atoms with Crippen molar-refractivity contribution in [3.8, 4) is 0 Å². The van der Waals surface area contributed by atoms with Crippen molar-refractivity contribution in [2.75, 3.05) is 0 Å². The van der Waals surface area contributed by atoms with Crippen LogP contribution in [0.25, 0.3) is 0 Å². The maximum atomic E-state index is 12.1. The van der Waals surface area contributed by atoms with Gasteiger partial charge < -0.3 is 4.57 Å². The minimum atomic E-state index is -0.253. The van der Waals surface area contributed by atoms with Gasteiger partial charge in [-0.25, -0.2) is 4.79 Å². The van der Waals surface area contributed by atoms with Crippen molar-refractivity contribution in [3.05, 3.63) is 53.9 Å². The molecule has 0 amide bonds. The molecule has 2 rings (SSSR count). The summed E-state index contributed by atoms with van der Waals surface area (Å²) < 4.78 is 3.84. The van der Waals surface area contributed by atoms with Gasteiger partial charge in [-0.1, -0.05) is 6.92 Å². The fourth-order valence-corrected chi connectivity index (χ4v) is 3.18. The first-order chi connectivity index (χ1) is 8.61. The van der Waals surface area contributed by atoms with Crippen LogP contribution in [0.4, 0.5) is 0 Å². The molecule has 0 atom stereocenters. The van der Waals surface area contributed by atoms with Crippen molar-refractivity contribution in [1.29, 1.82) is 0 Å². The Balaban J connectivity index is 2.40. The normalized spacial score (nSPS) is 10.8. The van der Waals surface area contributed by atoms with Crippen LogP contribution in [0.5, 0.6) is 0 Å². The van der Waals surface area contributed by atoms with Gasteiger partial charge in [-0.15, -0.1) is 11.3 Å². The maximum Gasteiger partial charge on any atom is 0.331 e. The lowest BCUT2D eigenvalue weighted by atomic mass is 10.4. The topological polar surface area (TPSA) is 44.0 Å². The molecule has 0 spiro atoms. The van der Waals surface area contributed by atoms with Crippen LogP contribution >= 0.6 is 27.3 Å². The summed E-state index contributed by atoms with van der Waals surface area (Å²) in [6.07, 6.45) is 2.43. The lowest BCUT2D eigenvalue weighted by molar-refractivity contribution is 0.573. The number of rotatable bonds is 4. The summed E-state index contributed by atoms with van der Waals surface area (Å²) in [6, 6.07) is 5.27. The Morgan fingerprint density at radius 3 is 2.67 bits per heavy atom. The first-order valence-electron chi connectivity index (χ1n) is 5.66. The Morgan fingerprint density at radius 2 is 2.06 bits per heavy atom. The Bertz CT molecular complexity index is 657. The van der Waals surface area contributed by atoms with E-state index in [0.29, 0.717) is 13.1 Å². The zero-order valence-corrected chi connectivity index (χ0v) is 12.3. The molecular formula is C12H13BrN2O2S. The van der Waals surface area contributed by atoms with Crippen LogP contribution in [0.15, 0.2) is 37.8 Å². The molecule has 0 aromatic carbocycles. The van der Waals surface area contributed by atoms with E-state index in [-0.39, 0.29) is 11.2 Å². The highest BCUT2D eigenvalue weighted by Gasteiger charge is 2.07. The SMILES string of the molecule is CCCn1ccc(=O)n(Cc2ccc(Br)s2)c1=O. The van der Waals surface area contributed by atoms with Gasteiger partial charge in [0, 0.05) is 23.7 Å². The third-order valence-corrected chi connectivity index (χ3v) is 4.16. The van der Waals surface area contributed by atoms with Crippen LogP contribution in [-0.4, -0.2) is 9.13 Å². The smallest absolute Gasteiger partial charge is 0.300 e. The van der Waals surface area contributed by atoms with Crippen molar-refractivity contribution < 1.29 is 0 Å². The van der Waals surface area contributed by atoms with Gasteiger partial charge in [0.25, 0.3) is 5.56 Å². The molecule has 0 aliphatic carbocycles. The molecule has 96 valence electrons. The summed E-state index contributed by atoms with van der Waals surface area (Å²) in [5.41, 5.74) is -0.495. The van der Waals surface area contributed by atoms with Crippen LogP contribution < -0.4 is 11.2 Å². The zero-order chi connectivity index (χ0) is 13.1. The molecule has 2 aromatic heterocycles. The molecule has 0 saturated carbocycles. The van der Waals surface area contributed by atoms with Crippen molar-refractivity contribution in [2.24, 2.45) is 0 Å². The van der Waals surface area contributed by atoms with Gasteiger partial charge in [0.2, 0.25) is 0 Å². The Hall–Kier alpha value is -1.14. The fourth-order valence-electron chi connectivity index (χ4n) is 1.71. The van der Waals surface area contributed by atoms with E-state index < -0.39 is 0 Å². The van der Waals surface area contributed by atoms with E-state index in [9.17, 15) is 9.59 Å². The molecular weight excluding hydrogens is 316 g/mol. The molecule has 0 fully saturated rings. The standard InChI is InChI=1S/C12H13BrN2O2S/c1-2-6-14-7-5-11(16)15(12(14)17)8-9-3-4-10(13)18-9/h3-5,7H,2,6,8H2,1H3. The van der Waals surface area contributed by atoms with Crippen LogP contribution in [-0.2, 0) is 13.1 Å². The van der Waals surface area contributed by atoms with Gasteiger partial charge in [-0.05, 0) is 34.5 Å². The first kappa shape index (κ1) is 13.3. The first-order valence-corrected chi connectivity index (χ1v) is 7.27. The lowest BCUT2D eigenvalue weighted by Gasteiger charge is -2.07. The van der Waals surface area contributed by atoms with Gasteiger partial charge in [0.1, 0.15) is 0 Å². The van der Waals surface area contributed by atoms with Crippen molar-refractivity contribution in [3.63, 3.8) is 0 Å². The number of thiophene rings is 1. The van der Waals surface area contributed by atoms with Crippen molar-refractivity contribution >= 4 is 27.3 Å². The summed E-state index contributed by atoms with van der Waals surface area (Å²) in [7, 11) is 0. The summed E-state index contributed by atoms with van der Waals surface area (Å²) in [5.74, 6) is 0. The number of nitrogens with zero attached hydrogens (tertiary/aromatic N) is 2. The van der Waals surface area contributed by atoms with Crippen LogP contribution in [0.2, 0.25) is 0 Å².